The lowest BCUT2D eigenvalue weighted by Gasteiger charge is -2.20. The van der Waals surface area contributed by atoms with E-state index in [4.69, 9.17) is 0 Å². The van der Waals surface area contributed by atoms with Crippen molar-refractivity contribution in [3.63, 3.8) is 0 Å². The number of hydrogen-bond acceptors (Lipinski definition) is 5. The molecule has 2 heterocycles. The molecular formula is C17H10N4O3. The van der Waals surface area contributed by atoms with Gasteiger partial charge in [-0.15, -0.1) is 0 Å². The third-order valence-electron chi connectivity index (χ3n) is 3.78. The van der Waals surface area contributed by atoms with Crippen LogP contribution in [0.2, 0.25) is 0 Å². The number of hydrogen-bond donors (Lipinski definition) is 0. The van der Waals surface area contributed by atoms with Gasteiger partial charge in [0.25, 0.3) is 11.6 Å². The van der Waals surface area contributed by atoms with Crippen molar-refractivity contribution in [2.75, 3.05) is 0 Å². The number of amidine groups is 1. The van der Waals surface area contributed by atoms with Gasteiger partial charge in [0.1, 0.15) is 12.0 Å². The summed E-state index contributed by atoms with van der Waals surface area (Å²) in [6.07, 6.45) is 3.20. The number of nitro benzene ring substituents is 1. The van der Waals surface area contributed by atoms with Crippen molar-refractivity contribution < 1.29 is 9.72 Å². The third kappa shape index (κ3) is 2.19. The molecule has 4 rings (SSSR count). The number of benzene rings is 2. The highest BCUT2D eigenvalue weighted by atomic mass is 16.6. The van der Waals surface area contributed by atoms with E-state index in [9.17, 15) is 14.9 Å². The quantitative estimate of drug-likeness (QED) is 0.484. The molecule has 0 aromatic heterocycles. The Balaban J connectivity index is 1.72. The van der Waals surface area contributed by atoms with Crippen LogP contribution in [0, 0.1) is 10.1 Å². The number of para-hydroxylation sites is 1. The second-order valence-corrected chi connectivity index (χ2v) is 5.25. The Morgan fingerprint density at radius 3 is 2.58 bits per heavy atom. The minimum atomic E-state index is -0.465. The van der Waals surface area contributed by atoms with E-state index in [0.29, 0.717) is 17.1 Å². The van der Waals surface area contributed by atoms with Crippen LogP contribution in [0.3, 0.4) is 0 Å². The molecule has 0 saturated carbocycles. The smallest absolute Gasteiger partial charge is 0.279 e. The molecule has 2 aromatic carbocycles. The molecule has 0 fully saturated rings. The molecule has 0 radical (unpaired) electrons. The Morgan fingerprint density at radius 2 is 1.83 bits per heavy atom. The molecule has 0 N–H and O–H groups in total. The van der Waals surface area contributed by atoms with Gasteiger partial charge in [-0.1, -0.05) is 12.1 Å². The number of carbonyl (C=O) groups excluding carboxylic acids is 1. The van der Waals surface area contributed by atoms with Crippen LogP contribution in [0.15, 0.2) is 64.2 Å². The fourth-order valence-electron chi connectivity index (χ4n) is 2.61. The number of rotatable bonds is 2. The SMILES string of the molecule is O=C1N=C2c3ccccc3N=CN2/C1=C/c1ccc([N+](=O)[O-])cc1. The monoisotopic (exact) mass is 318 g/mol. The molecule has 2 aliphatic heterocycles. The predicted molar refractivity (Wildman–Crippen MR) is 89.1 cm³/mol. The Bertz CT molecular complexity index is 958. The van der Waals surface area contributed by atoms with E-state index < -0.39 is 4.92 Å². The molecule has 24 heavy (non-hydrogen) atoms. The molecule has 0 saturated heterocycles. The lowest BCUT2D eigenvalue weighted by Crippen LogP contribution is -2.28. The Labute approximate surface area is 136 Å². The average molecular weight is 318 g/mol. The van der Waals surface area contributed by atoms with Gasteiger partial charge in [-0.2, -0.15) is 4.99 Å². The summed E-state index contributed by atoms with van der Waals surface area (Å²) in [5.41, 5.74) is 2.59. The summed E-state index contributed by atoms with van der Waals surface area (Å²) in [7, 11) is 0. The molecule has 2 aromatic rings. The van der Waals surface area contributed by atoms with Gasteiger partial charge < -0.3 is 0 Å². The molecule has 0 aliphatic carbocycles. The standard InChI is InChI=1S/C17H10N4O3/c22-17-15(9-11-5-7-12(8-6-11)21(23)24)20-10-18-14-4-2-1-3-13(14)16(20)19-17/h1-10H/b15-9+. The minimum Gasteiger partial charge on any atom is -0.279 e. The van der Waals surface area contributed by atoms with E-state index in [1.54, 1.807) is 29.4 Å². The van der Waals surface area contributed by atoms with Crippen LogP contribution in [0.5, 0.6) is 0 Å². The fraction of sp³-hybridized carbons (Fsp3) is 0. The van der Waals surface area contributed by atoms with E-state index in [-0.39, 0.29) is 11.6 Å². The van der Waals surface area contributed by atoms with Crippen LogP contribution in [-0.4, -0.2) is 27.9 Å². The van der Waals surface area contributed by atoms with E-state index in [1.807, 2.05) is 24.3 Å². The maximum absolute atomic E-state index is 12.3. The number of nitro groups is 1. The zero-order valence-electron chi connectivity index (χ0n) is 12.3. The summed E-state index contributed by atoms with van der Waals surface area (Å²) in [5.74, 6) is 0.172. The van der Waals surface area contributed by atoms with Gasteiger partial charge in [0, 0.05) is 17.7 Å². The van der Waals surface area contributed by atoms with Gasteiger partial charge in [0.05, 0.1) is 10.6 Å². The van der Waals surface area contributed by atoms with E-state index in [2.05, 4.69) is 9.98 Å². The molecule has 0 bridgehead atoms. The average Bonchev–Trinajstić information content (AvgIpc) is 2.91. The van der Waals surface area contributed by atoms with Crippen molar-refractivity contribution in [2.45, 2.75) is 0 Å². The van der Waals surface area contributed by atoms with Crippen molar-refractivity contribution in [3.8, 4) is 0 Å². The lowest BCUT2D eigenvalue weighted by atomic mass is 10.1. The minimum absolute atomic E-state index is 0.000278. The number of amides is 1. The molecule has 2 aliphatic rings. The Morgan fingerprint density at radius 1 is 1.08 bits per heavy atom. The molecule has 7 nitrogen and oxygen atoms in total. The van der Waals surface area contributed by atoms with Gasteiger partial charge in [-0.3, -0.25) is 19.8 Å². The molecule has 116 valence electrons. The maximum atomic E-state index is 12.3. The van der Waals surface area contributed by atoms with Gasteiger partial charge in [0.2, 0.25) is 0 Å². The molecule has 0 unspecified atom stereocenters. The normalized spacial score (nSPS) is 16.8. The van der Waals surface area contributed by atoms with Gasteiger partial charge in [-0.25, -0.2) is 4.99 Å². The Kier molecular flexibility index (Phi) is 3.06. The molecule has 7 heteroatoms. The summed E-state index contributed by atoms with van der Waals surface area (Å²) in [5, 5.41) is 10.7. The first-order valence-corrected chi connectivity index (χ1v) is 7.15. The summed E-state index contributed by atoms with van der Waals surface area (Å²) >= 11 is 0. The molecular weight excluding hydrogens is 308 g/mol. The van der Waals surface area contributed by atoms with Crippen LogP contribution >= 0.6 is 0 Å². The molecule has 0 spiro atoms. The van der Waals surface area contributed by atoms with E-state index >= 15 is 0 Å². The van der Waals surface area contributed by atoms with Crippen molar-refractivity contribution in [3.05, 3.63) is 75.5 Å². The zero-order chi connectivity index (χ0) is 16.7. The largest absolute Gasteiger partial charge is 0.296 e. The van der Waals surface area contributed by atoms with Crippen LogP contribution in [0.4, 0.5) is 11.4 Å². The van der Waals surface area contributed by atoms with Crippen molar-refractivity contribution >= 4 is 35.5 Å². The first-order chi connectivity index (χ1) is 11.6. The van der Waals surface area contributed by atoms with Crippen molar-refractivity contribution in [1.29, 1.82) is 0 Å². The van der Waals surface area contributed by atoms with Gasteiger partial charge in [-0.05, 0) is 35.9 Å². The second kappa shape index (κ2) is 5.24. The predicted octanol–water partition coefficient (Wildman–Crippen LogP) is 2.90. The first-order valence-electron chi connectivity index (χ1n) is 7.15. The first kappa shape index (κ1) is 14.0. The molecule has 0 atom stereocenters. The highest BCUT2D eigenvalue weighted by molar-refractivity contribution is 6.25. The number of nitrogens with zero attached hydrogens (tertiary/aromatic N) is 4. The summed E-state index contributed by atoms with van der Waals surface area (Å²) in [4.78, 5) is 32.6. The summed E-state index contributed by atoms with van der Waals surface area (Å²) < 4.78 is 0. The van der Waals surface area contributed by atoms with Crippen LogP contribution < -0.4 is 0 Å². The number of fused-ring (bicyclic) bond motifs is 3. The van der Waals surface area contributed by atoms with Crippen molar-refractivity contribution in [1.82, 2.24) is 4.90 Å². The Hall–Kier alpha value is -3.61. The summed E-state index contributed by atoms with van der Waals surface area (Å²) in [6, 6.07) is 13.4. The topological polar surface area (TPSA) is 88.2 Å². The van der Waals surface area contributed by atoms with E-state index in [0.717, 1.165) is 11.3 Å². The van der Waals surface area contributed by atoms with Crippen LogP contribution in [-0.2, 0) is 4.79 Å². The van der Waals surface area contributed by atoms with Gasteiger partial charge >= 0.3 is 0 Å². The summed E-state index contributed by atoms with van der Waals surface area (Å²) in [6.45, 7) is 0. The van der Waals surface area contributed by atoms with Crippen LogP contribution in [0.25, 0.3) is 6.08 Å². The zero-order valence-corrected chi connectivity index (χ0v) is 12.3. The highest BCUT2D eigenvalue weighted by Gasteiger charge is 2.32. The number of non-ortho nitro benzene ring substituents is 1. The highest BCUT2D eigenvalue weighted by Crippen LogP contribution is 2.30. The van der Waals surface area contributed by atoms with Crippen molar-refractivity contribution in [2.24, 2.45) is 9.98 Å². The number of aliphatic imine (C=N–C) groups is 2. The van der Waals surface area contributed by atoms with Crippen LogP contribution in [0.1, 0.15) is 11.1 Å². The van der Waals surface area contributed by atoms with E-state index in [1.165, 1.54) is 12.1 Å². The fourth-order valence-corrected chi connectivity index (χ4v) is 2.61. The molecule has 1 amide bonds. The maximum Gasteiger partial charge on any atom is 0.296 e. The van der Waals surface area contributed by atoms with Gasteiger partial charge in [0.15, 0.2) is 5.84 Å². The number of carbonyl (C=O) groups is 1. The lowest BCUT2D eigenvalue weighted by molar-refractivity contribution is -0.384. The second-order valence-electron chi connectivity index (χ2n) is 5.25. The third-order valence-corrected chi connectivity index (χ3v) is 3.78.